The zero-order chi connectivity index (χ0) is 13.1. The summed E-state index contributed by atoms with van der Waals surface area (Å²) in [6.45, 7) is 5.46. The number of hydrogen-bond acceptors (Lipinski definition) is 1. The Morgan fingerprint density at radius 2 is 2.17 bits per heavy atom. The van der Waals surface area contributed by atoms with E-state index >= 15 is 0 Å². The van der Waals surface area contributed by atoms with Gasteiger partial charge < -0.3 is 5.32 Å². The number of hydrogen-bond donors (Lipinski definition) is 1. The van der Waals surface area contributed by atoms with Crippen LogP contribution >= 0.6 is 15.9 Å². The van der Waals surface area contributed by atoms with Crippen LogP contribution in [0.1, 0.15) is 32.3 Å². The zero-order valence-corrected chi connectivity index (χ0v) is 12.6. The molecule has 3 heteroatoms. The van der Waals surface area contributed by atoms with Crippen LogP contribution in [0, 0.1) is 17.7 Å². The smallest absolute Gasteiger partial charge is 0.126 e. The highest BCUT2D eigenvalue weighted by molar-refractivity contribution is 9.10. The second-order valence-corrected chi connectivity index (χ2v) is 6.22. The van der Waals surface area contributed by atoms with E-state index in [1.54, 1.807) is 12.1 Å². The van der Waals surface area contributed by atoms with Gasteiger partial charge in [0, 0.05) is 10.5 Å². The normalized spacial score (nSPS) is 27.7. The molecule has 1 aromatic rings. The third-order valence-electron chi connectivity index (χ3n) is 4.18. The van der Waals surface area contributed by atoms with Gasteiger partial charge in [-0.2, -0.15) is 0 Å². The third kappa shape index (κ3) is 3.12. The van der Waals surface area contributed by atoms with Gasteiger partial charge in [0.1, 0.15) is 5.82 Å². The molecule has 100 valence electrons. The molecule has 1 aliphatic rings. The van der Waals surface area contributed by atoms with Crippen molar-refractivity contribution in [3.63, 3.8) is 0 Å². The van der Waals surface area contributed by atoms with Gasteiger partial charge in [0.2, 0.25) is 0 Å². The Labute approximate surface area is 117 Å². The van der Waals surface area contributed by atoms with Gasteiger partial charge in [0.05, 0.1) is 0 Å². The van der Waals surface area contributed by atoms with Crippen molar-refractivity contribution in [1.29, 1.82) is 0 Å². The van der Waals surface area contributed by atoms with Gasteiger partial charge in [-0.3, -0.25) is 0 Å². The lowest BCUT2D eigenvalue weighted by molar-refractivity contribution is 0.352. The Morgan fingerprint density at radius 1 is 1.39 bits per heavy atom. The van der Waals surface area contributed by atoms with Crippen molar-refractivity contribution in [3.8, 4) is 0 Å². The maximum absolute atomic E-state index is 13.8. The lowest BCUT2D eigenvalue weighted by atomic mass is 9.89. The molecular formula is C15H21BrFN. The van der Waals surface area contributed by atoms with E-state index in [1.807, 2.05) is 6.07 Å². The van der Waals surface area contributed by atoms with Crippen molar-refractivity contribution in [3.05, 3.63) is 34.1 Å². The second kappa shape index (κ2) is 6.16. The van der Waals surface area contributed by atoms with Crippen molar-refractivity contribution in [1.82, 2.24) is 5.32 Å². The Hall–Kier alpha value is -0.410. The lowest BCUT2D eigenvalue weighted by Crippen LogP contribution is -2.32. The number of rotatable bonds is 4. The van der Waals surface area contributed by atoms with E-state index in [2.05, 4.69) is 35.1 Å². The number of benzene rings is 1. The minimum atomic E-state index is -0.0719. The topological polar surface area (TPSA) is 12.0 Å². The molecule has 0 aliphatic heterocycles. The first-order chi connectivity index (χ1) is 8.61. The fourth-order valence-electron chi connectivity index (χ4n) is 3.07. The highest BCUT2D eigenvalue weighted by Gasteiger charge is 2.32. The van der Waals surface area contributed by atoms with E-state index in [9.17, 15) is 4.39 Å². The van der Waals surface area contributed by atoms with Gasteiger partial charge >= 0.3 is 0 Å². The van der Waals surface area contributed by atoms with E-state index in [1.165, 1.54) is 12.8 Å². The molecule has 1 fully saturated rings. The summed E-state index contributed by atoms with van der Waals surface area (Å²) in [5.41, 5.74) is 0.846. The molecule has 0 saturated heterocycles. The minimum Gasteiger partial charge on any atom is -0.314 e. The van der Waals surface area contributed by atoms with Gasteiger partial charge in [-0.05, 0) is 61.4 Å². The predicted molar refractivity (Wildman–Crippen MR) is 77.2 cm³/mol. The van der Waals surface area contributed by atoms with Gasteiger partial charge in [0.15, 0.2) is 0 Å². The molecule has 2 rings (SSSR count). The molecule has 1 nitrogen and oxygen atoms in total. The summed E-state index contributed by atoms with van der Waals surface area (Å²) >= 11 is 3.42. The summed E-state index contributed by atoms with van der Waals surface area (Å²) in [5, 5.41) is 3.53. The average molecular weight is 314 g/mol. The molecule has 0 aromatic heterocycles. The fourth-order valence-corrected chi connectivity index (χ4v) is 3.48. The molecule has 1 aromatic carbocycles. The average Bonchev–Trinajstić information content (AvgIpc) is 2.67. The summed E-state index contributed by atoms with van der Waals surface area (Å²) in [6, 6.07) is 5.84. The third-order valence-corrected chi connectivity index (χ3v) is 4.68. The summed E-state index contributed by atoms with van der Waals surface area (Å²) in [4.78, 5) is 0. The molecule has 0 radical (unpaired) electrons. The van der Waals surface area contributed by atoms with Crippen LogP contribution in [0.2, 0.25) is 0 Å². The van der Waals surface area contributed by atoms with Crippen LogP contribution in [0.4, 0.5) is 4.39 Å². The van der Waals surface area contributed by atoms with Crippen LogP contribution < -0.4 is 5.32 Å². The van der Waals surface area contributed by atoms with Crippen molar-refractivity contribution in [2.24, 2.45) is 11.8 Å². The Kier molecular flexibility index (Phi) is 4.79. The molecule has 1 N–H and O–H groups in total. The van der Waals surface area contributed by atoms with Gasteiger partial charge in [-0.25, -0.2) is 4.39 Å². The van der Waals surface area contributed by atoms with Crippen molar-refractivity contribution in [2.75, 3.05) is 6.54 Å². The van der Waals surface area contributed by atoms with Crippen LogP contribution in [0.5, 0.6) is 0 Å². The van der Waals surface area contributed by atoms with Crippen molar-refractivity contribution < 1.29 is 4.39 Å². The molecular weight excluding hydrogens is 293 g/mol. The summed E-state index contributed by atoms with van der Waals surface area (Å²) < 4.78 is 14.7. The second-order valence-electron chi connectivity index (χ2n) is 5.30. The van der Waals surface area contributed by atoms with Crippen LogP contribution in [0.25, 0.3) is 0 Å². The number of nitrogens with one attached hydrogen (secondary N) is 1. The molecule has 3 unspecified atom stereocenters. The first-order valence-electron chi connectivity index (χ1n) is 6.79. The Balaban J connectivity index is 2.04. The van der Waals surface area contributed by atoms with Crippen LogP contribution in [0.3, 0.4) is 0 Å². The monoisotopic (exact) mass is 313 g/mol. The van der Waals surface area contributed by atoms with Gasteiger partial charge in [-0.15, -0.1) is 0 Å². The van der Waals surface area contributed by atoms with E-state index in [-0.39, 0.29) is 5.82 Å². The zero-order valence-electron chi connectivity index (χ0n) is 11.0. The van der Waals surface area contributed by atoms with Crippen LogP contribution in [0.15, 0.2) is 22.7 Å². The molecule has 0 heterocycles. The molecule has 0 spiro atoms. The van der Waals surface area contributed by atoms with E-state index < -0.39 is 0 Å². The maximum atomic E-state index is 13.8. The van der Waals surface area contributed by atoms with E-state index in [0.29, 0.717) is 17.9 Å². The molecule has 18 heavy (non-hydrogen) atoms. The summed E-state index contributed by atoms with van der Waals surface area (Å²) in [5.74, 6) is 1.15. The highest BCUT2D eigenvalue weighted by atomic mass is 79.9. The molecule has 1 aliphatic carbocycles. The largest absolute Gasteiger partial charge is 0.314 e. The standard InChI is InChI=1S/C15H21BrFN/c1-3-18-15-7-4-11(10(15)2)8-12-9-13(16)5-6-14(12)17/h5-6,9-11,15,18H,3-4,7-8H2,1-2H3. The van der Waals surface area contributed by atoms with Crippen molar-refractivity contribution >= 4 is 15.9 Å². The van der Waals surface area contributed by atoms with Gasteiger partial charge in [0.25, 0.3) is 0 Å². The molecule has 0 amide bonds. The maximum Gasteiger partial charge on any atom is 0.126 e. The van der Waals surface area contributed by atoms with E-state index in [0.717, 1.165) is 23.0 Å². The first kappa shape index (κ1) is 14.0. The van der Waals surface area contributed by atoms with Crippen LogP contribution in [-0.2, 0) is 6.42 Å². The van der Waals surface area contributed by atoms with E-state index in [4.69, 9.17) is 0 Å². The van der Waals surface area contributed by atoms with Gasteiger partial charge in [-0.1, -0.05) is 29.8 Å². The summed E-state index contributed by atoms with van der Waals surface area (Å²) in [6.07, 6.45) is 3.27. The first-order valence-corrected chi connectivity index (χ1v) is 7.58. The van der Waals surface area contributed by atoms with Crippen LogP contribution in [-0.4, -0.2) is 12.6 Å². The lowest BCUT2D eigenvalue weighted by Gasteiger charge is -2.21. The Bertz CT molecular complexity index is 407. The van der Waals surface area contributed by atoms with Crippen molar-refractivity contribution in [2.45, 2.75) is 39.2 Å². The quantitative estimate of drug-likeness (QED) is 0.880. The molecule has 0 bridgehead atoms. The Morgan fingerprint density at radius 3 is 2.89 bits per heavy atom. The summed E-state index contributed by atoms with van der Waals surface area (Å²) in [7, 11) is 0. The minimum absolute atomic E-state index is 0.0719. The SMILES string of the molecule is CCNC1CCC(Cc2cc(Br)ccc2F)C1C. The predicted octanol–water partition coefficient (Wildman–Crippen LogP) is 4.15. The number of halogens is 2. The fraction of sp³-hybridized carbons (Fsp3) is 0.600. The highest BCUT2D eigenvalue weighted by Crippen LogP contribution is 2.35. The molecule has 1 saturated carbocycles. The molecule has 3 atom stereocenters.